The average molecular weight is 396 g/mol. The number of nitrogens with zero attached hydrogens (tertiary/aromatic N) is 2. The summed E-state index contributed by atoms with van der Waals surface area (Å²) >= 11 is 0. The van der Waals surface area contributed by atoms with Gasteiger partial charge in [-0.15, -0.1) is 0 Å². The molecule has 0 aromatic rings. The monoisotopic (exact) mass is 395 g/mol. The molecule has 1 saturated carbocycles. The third-order valence-corrected chi connectivity index (χ3v) is 5.76. The Hall–Kier alpha value is -1.34. The highest BCUT2D eigenvalue weighted by molar-refractivity contribution is 5.80. The van der Waals surface area contributed by atoms with Gasteiger partial charge in [0.1, 0.15) is 0 Å². The summed E-state index contributed by atoms with van der Waals surface area (Å²) in [6.45, 7) is 13.1. The van der Waals surface area contributed by atoms with Gasteiger partial charge in [-0.25, -0.2) is 0 Å². The molecule has 0 bridgehead atoms. The summed E-state index contributed by atoms with van der Waals surface area (Å²) in [6, 6.07) is 0.422. The van der Waals surface area contributed by atoms with Crippen molar-refractivity contribution in [2.75, 3.05) is 52.5 Å². The molecule has 1 heterocycles. The minimum atomic E-state index is 0.218. The van der Waals surface area contributed by atoms with Gasteiger partial charge in [0, 0.05) is 44.7 Å². The Kier molecular flexibility index (Phi) is 10.6. The van der Waals surface area contributed by atoms with E-state index in [4.69, 9.17) is 9.73 Å². The number of aliphatic imine (C=N–C) groups is 1. The second-order valence-corrected chi connectivity index (χ2v) is 8.23. The van der Waals surface area contributed by atoms with Crippen LogP contribution in [0.25, 0.3) is 0 Å². The van der Waals surface area contributed by atoms with E-state index in [0.717, 1.165) is 58.2 Å². The molecule has 1 aliphatic carbocycles. The lowest BCUT2D eigenvalue weighted by molar-refractivity contribution is -0.125. The molecule has 0 radical (unpaired) electrons. The smallest absolute Gasteiger partial charge is 0.223 e. The van der Waals surface area contributed by atoms with Crippen LogP contribution in [0.15, 0.2) is 4.99 Å². The third kappa shape index (κ3) is 7.95. The van der Waals surface area contributed by atoms with Gasteiger partial charge in [0.05, 0.1) is 19.8 Å². The van der Waals surface area contributed by atoms with E-state index < -0.39 is 0 Å². The van der Waals surface area contributed by atoms with Crippen LogP contribution >= 0.6 is 0 Å². The van der Waals surface area contributed by atoms with E-state index >= 15 is 0 Å². The first-order valence-corrected chi connectivity index (χ1v) is 11.2. The Morgan fingerprint density at radius 1 is 1.07 bits per heavy atom. The van der Waals surface area contributed by atoms with Crippen LogP contribution in [0.3, 0.4) is 0 Å². The summed E-state index contributed by atoms with van der Waals surface area (Å²) < 4.78 is 5.49. The van der Waals surface area contributed by atoms with Crippen molar-refractivity contribution < 1.29 is 9.53 Å². The molecule has 2 aliphatic rings. The Morgan fingerprint density at radius 3 is 2.39 bits per heavy atom. The van der Waals surface area contributed by atoms with Crippen LogP contribution in [-0.2, 0) is 9.53 Å². The zero-order valence-electron chi connectivity index (χ0n) is 18.1. The molecule has 1 amide bonds. The number of amides is 1. The lowest BCUT2D eigenvalue weighted by Crippen LogP contribution is -2.48. The van der Waals surface area contributed by atoms with Gasteiger partial charge in [-0.05, 0) is 25.7 Å². The maximum atomic E-state index is 12.2. The molecule has 0 aromatic heterocycles. The highest BCUT2D eigenvalue weighted by Crippen LogP contribution is 2.23. The number of ether oxygens (including phenoxy) is 1. The van der Waals surface area contributed by atoms with E-state index in [1.165, 1.54) is 19.3 Å². The molecule has 1 atom stereocenters. The van der Waals surface area contributed by atoms with Gasteiger partial charge < -0.3 is 20.7 Å². The molecule has 1 saturated heterocycles. The number of guanidine groups is 1. The fourth-order valence-electron chi connectivity index (χ4n) is 4.06. The zero-order chi connectivity index (χ0) is 20.2. The van der Waals surface area contributed by atoms with Crippen LogP contribution in [0, 0.1) is 11.8 Å². The second kappa shape index (κ2) is 13.0. The SMILES string of the molecule is CCNC(=NCC(C(C)C)N1CCOCC1)NCCNC(=O)C1CCCCC1. The molecule has 28 heavy (non-hydrogen) atoms. The van der Waals surface area contributed by atoms with Crippen molar-refractivity contribution in [2.24, 2.45) is 16.8 Å². The summed E-state index contributed by atoms with van der Waals surface area (Å²) in [5.74, 6) is 1.81. The Labute approximate surface area is 171 Å². The van der Waals surface area contributed by atoms with E-state index in [1.54, 1.807) is 0 Å². The van der Waals surface area contributed by atoms with E-state index in [2.05, 4.69) is 41.6 Å². The first-order chi connectivity index (χ1) is 13.6. The Balaban J connectivity index is 1.76. The van der Waals surface area contributed by atoms with Gasteiger partial charge in [0.2, 0.25) is 5.91 Å². The summed E-state index contributed by atoms with van der Waals surface area (Å²) in [5, 5.41) is 9.75. The normalized spacial score (nSPS) is 20.8. The topological polar surface area (TPSA) is 78.0 Å². The minimum Gasteiger partial charge on any atom is -0.379 e. The van der Waals surface area contributed by atoms with Crippen LogP contribution in [-0.4, -0.2) is 75.3 Å². The summed E-state index contributed by atoms with van der Waals surface area (Å²) in [5.41, 5.74) is 0. The Morgan fingerprint density at radius 2 is 1.75 bits per heavy atom. The van der Waals surface area contributed by atoms with Crippen LogP contribution in [0.1, 0.15) is 52.9 Å². The maximum absolute atomic E-state index is 12.2. The molecular formula is C21H41N5O2. The highest BCUT2D eigenvalue weighted by Gasteiger charge is 2.23. The number of carbonyl (C=O) groups is 1. The van der Waals surface area contributed by atoms with E-state index in [1.807, 2.05) is 0 Å². The third-order valence-electron chi connectivity index (χ3n) is 5.76. The van der Waals surface area contributed by atoms with Crippen molar-refractivity contribution in [1.29, 1.82) is 0 Å². The largest absolute Gasteiger partial charge is 0.379 e. The van der Waals surface area contributed by atoms with Gasteiger partial charge in [-0.1, -0.05) is 33.1 Å². The quantitative estimate of drug-likeness (QED) is 0.314. The molecule has 0 aromatic carbocycles. The van der Waals surface area contributed by atoms with Gasteiger partial charge in [-0.3, -0.25) is 14.7 Å². The number of rotatable bonds is 9. The summed E-state index contributed by atoms with van der Waals surface area (Å²) in [7, 11) is 0. The van der Waals surface area contributed by atoms with Gasteiger partial charge in [-0.2, -0.15) is 0 Å². The van der Waals surface area contributed by atoms with Crippen LogP contribution < -0.4 is 16.0 Å². The summed E-state index contributed by atoms with van der Waals surface area (Å²) in [4.78, 5) is 19.5. The molecule has 162 valence electrons. The van der Waals surface area contributed by atoms with Gasteiger partial charge in [0.15, 0.2) is 5.96 Å². The number of carbonyl (C=O) groups excluding carboxylic acids is 1. The molecular weight excluding hydrogens is 354 g/mol. The van der Waals surface area contributed by atoms with Crippen LogP contribution in [0.4, 0.5) is 0 Å². The number of hydrogen-bond acceptors (Lipinski definition) is 4. The van der Waals surface area contributed by atoms with E-state index in [9.17, 15) is 4.79 Å². The predicted molar refractivity (Wildman–Crippen MR) is 115 cm³/mol. The maximum Gasteiger partial charge on any atom is 0.223 e. The summed E-state index contributed by atoms with van der Waals surface area (Å²) in [6.07, 6.45) is 5.74. The molecule has 2 fully saturated rings. The second-order valence-electron chi connectivity index (χ2n) is 8.23. The zero-order valence-corrected chi connectivity index (χ0v) is 18.1. The number of morpholine rings is 1. The van der Waals surface area contributed by atoms with Crippen molar-refractivity contribution in [1.82, 2.24) is 20.9 Å². The molecule has 7 nitrogen and oxygen atoms in total. The molecule has 7 heteroatoms. The fraction of sp³-hybridized carbons (Fsp3) is 0.905. The van der Waals surface area contributed by atoms with Crippen LogP contribution in [0.5, 0.6) is 0 Å². The molecule has 1 unspecified atom stereocenters. The predicted octanol–water partition coefficient (Wildman–Crippen LogP) is 1.59. The van der Waals surface area contributed by atoms with Gasteiger partial charge >= 0.3 is 0 Å². The average Bonchev–Trinajstić information content (AvgIpc) is 2.72. The van der Waals surface area contributed by atoms with Gasteiger partial charge in [0.25, 0.3) is 0 Å². The first kappa shape index (κ1) is 22.9. The van der Waals surface area contributed by atoms with Crippen molar-refractivity contribution >= 4 is 11.9 Å². The van der Waals surface area contributed by atoms with E-state index in [0.29, 0.717) is 25.0 Å². The van der Waals surface area contributed by atoms with E-state index in [-0.39, 0.29) is 11.8 Å². The van der Waals surface area contributed by atoms with Crippen LogP contribution in [0.2, 0.25) is 0 Å². The standard InChI is InChI=1S/C21H41N5O2/c1-4-22-21(24-11-10-23-20(27)18-8-6-5-7-9-18)25-16-19(17(2)3)26-12-14-28-15-13-26/h17-19H,4-16H2,1-3H3,(H,23,27)(H2,22,24,25). The lowest BCUT2D eigenvalue weighted by Gasteiger charge is -2.36. The molecule has 2 rings (SSSR count). The Bertz CT molecular complexity index is 471. The number of hydrogen-bond donors (Lipinski definition) is 3. The van der Waals surface area contributed by atoms with Crippen molar-refractivity contribution in [2.45, 2.75) is 58.9 Å². The molecule has 1 aliphatic heterocycles. The van der Waals surface area contributed by atoms with Crippen molar-refractivity contribution in [3.63, 3.8) is 0 Å². The minimum absolute atomic E-state index is 0.218. The molecule has 0 spiro atoms. The van der Waals surface area contributed by atoms with Crippen molar-refractivity contribution in [3.05, 3.63) is 0 Å². The van der Waals surface area contributed by atoms with Crippen molar-refractivity contribution in [3.8, 4) is 0 Å². The molecule has 3 N–H and O–H groups in total. The fourth-order valence-corrected chi connectivity index (χ4v) is 4.06. The lowest BCUT2D eigenvalue weighted by atomic mass is 9.89. The number of nitrogens with one attached hydrogen (secondary N) is 3. The highest BCUT2D eigenvalue weighted by atomic mass is 16.5. The first-order valence-electron chi connectivity index (χ1n) is 11.2.